The molecule has 3 rings (SSSR count). The predicted octanol–water partition coefficient (Wildman–Crippen LogP) is 4.25. The van der Waals surface area contributed by atoms with Crippen LogP contribution in [-0.2, 0) is 0 Å². The minimum Gasteiger partial charge on any atom is -0.497 e. The van der Waals surface area contributed by atoms with E-state index in [0.29, 0.717) is 23.6 Å². The molecule has 0 aliphatic heterocycles. The van der Waals surface area contributed by atoms with Crippen molar-refractivity contribution in [1.82, 2.24) is 4.98 Å². The van der Waals surface area contributed by atoms with E-state index in [4.69, 9.17) is 14.2 Å². The molecule has 3 aromatic rings. The summed E-state index contributed by atoms with van der Waals surface area (Å²) in [7, 11) is 1.61. The van der Waals surface area contributed by atoms with Gasteiger partial charge in [0.05, 0.1) is 19.2 Å². The summed E-state index contributed by atoms with van der Waals surface area (Å²) in [5, 5.41) is 0.891. The monoisotopic (exact) mass is 337 g/mol. The Bertz CT molecular complexity index is 892. The Morgan fingerprint density at radius 1 is 1.04 bits per heavy atom. The number of benzene rings is 2. The second-order valence-electron chi connectivity index (χ2n) is 5.44. The Labute approximate surface area is 146 Å². The molecule has 1 heterocycles. The standard InChI is InChI=1S/C20H19NO4/c1-3-12-24-18-6-4-5-7-19(18)25-20(22)17-10-8-14-13-15(23-2)9-11-16(14)21-17/h4-11,13H,3,12H2,1-2H3. The third kappa shape index (κ3) is 3.88. The minimum atomic E-state index is -0.523. The first-order valence-electron chi connectivity index (χ1n) is 8.10. The summed E-state index contributed by atoms with van der Waals surface area (Å²) < 4.78 is 16.3. The molecule has 0 aliphatic rings. The van der Waals surface area contributed by atoms with Crippen LogP contribution in [0.15, 0.2) is 54.6 Å². The van der Waals surface area contributed by atoms with Gasteiger partial charge in [0, 0.05) is 5.39 Å². The molecule has 5 heteroatoms. The number of methoxy groups -OCH3 is 1. The van der Waals surface area contributed by atoms with Crippen LogP contribution in [0, 0.1) is 0 Å². The van der Waals surface area contributed by atoms with Crippen LogP contribution < -0.4 is 14.2 Å². The van der Waals surface area contributed by atoms with Gasteiger partial charge in [0.2, 0.25) is 0 Å². The molecular formula is C20H19NO4. The average Bonchev–Trinajstić information content (AvgIpc) is 2.66. The Kier molecular flexibility index (Phi) is 5.14. The zero-order chi connectivity index (χ0) is 17.6. The minimum absolute atomic E-state index is 0.239. The molecule has 128 valence electrons. The van der Waals surface area contributed by atoms with Crippen LogP contribution in [0.3, 0.4) is 0 Å². The number of nitrogens with zero attached hydrogens (tertiary/aromatic N) is 1. The normalized spacial score (nSPS) is 10.5. The van der Waals surface area contributed by atoms with E-state index in [1.54, 1.807) is 37.4 Å². The Hall–Kier alpha value is -3.08. The fraction of sp³-hybridized carbons (Fsp3) is 0.200. The largest absolute Gasteiger partial charge is 0.497 e. The quantitative estimate of drug-likeness (QED) is 0.497. The number of carbonyl (C=O) groups is 1. The highest BCUT2D eigenvalue weighted by molar-refractivity contribution is 5.92. The average molecular weight is 337 g/mol. The van der Waals surface area contributed by atoms with Crippen LogP contribution in [0.5, 0.6) is 17.2 Å². The zero-order valence-electron chi connectivity index (χ0n) is 14.2. The lowest BCUT2D eigenvalue weighted by Gasteiger charge is -2.11. The first-order valence-corrected chi connectivity index (χ1v) is 8.10. The number of aromatic nitrogens is 1. The maximum atomic E-state index is 12.4. The van der Waals surface area contributed by atoms with E-state index < -0.39 is 5.97 Å². The fourth-order valence-corrected chi connectivity index (χ4v) is 2.36. The predicted molar refractivity (Wildman–Crippen MR) is 95.5 cm³/mol. The highest BCUT2D eigenvalue weighted by Gasteiger charge is 2.14. The van der Waals surface area contributed by atoms with Gasteiger partial charge in [-0.05, 0) is 42.8 Å². The van der Waals surface area contributed by atoms with Crippen molar-refractivity contribution < 1.29 is 19.0 Å². The molecule has 1 aromatic heterocycles. The molecule has 0 aliphatic carbocycles. The molecule has 0 amide bonds. The van der Waals surface area contributed by atoms with Gasteiger partial charge in [-0.2, -0.15) is 0 Å². The van der Waals surface area contributed by atoms with Crippen LogP contribution in [0.25, 0.3) is 10.9 Å². The molecule has 2 aromatic carbocycles. The highest BCUT2D eigenvalue weighted by Crippen LogP contribution is 2.27. The van der Waals surface area contributed by atoms with Crippen molar-refractivity contribution in [2.24, 2.45) is 0 Å². The van der Waals surface area contributed by atoms with Crippen LogP contribution >= 0.6 is 0 Å². The van der Waals surface area contributed by atoms with E-state index in [0.717, 1.165) is 17.6 Å². The Morgan fingerprint density at radius 3 is 2.60 bits per heavy atom. The van der Waals surface area contributed by atoms with E-state index in [-0.39, 0.29) is 5.69 Å². The van der Waals surface area contributed by atoms with Crippen LogP contribution in [0.4, 0.5) is 0 Å². The van der Waals surface area contributed by atoms with Gasteiger partial charge in [0.25, 0.3) is 0 Å². The smallest absolute Gasteiger partial charge is 0.362 e. The van der Waals surface area contributed by atoms with Crippen LogP contribution in [0.1, 0.15) is 23.8 Å². The molecule has 0 bridgehead atoms. The maximum absolute atomic E-state index is 12.4. The summed E-state index contributed by atoms with van der Waals surface area (Å²) in [6, 6.07) is 16.0. The van der Waals surface area contributed by atoms with Gasteiger partial charge in [0.15, 0.2) is 11.5 Å². The van der Waals surface area contributed by atoms with Crippen molar-refractivity contribution in [1.29, 1.82) is 0 Å². The summed E-state index contributed by atoms with van der Waals surface area (Å²) in [5.74, 6) is 1.15. The van der Waals surface area contributed by atoms with Crippen molar-refractivity contribution >= 4 is 16.9 Å². The molecule has 0 saturated carbocycles. The van der Waals surface area contributed by atoms with Gasteiger partial charge in [-0.15, -0.1) is 0 Å². The molecule has 0 radical (unpaired) electrons. The molecule has 5 nitrogen and oxygen atoms in total. The molecule has 0 spiro atoms. The third-order valence-corrected chi connectivity index (χ3v) is 3.62. The van der Waals surface area contributed by atoms with Crippen molar-refractivity contribution in [2.45, 2.75) is 13.3 Å². The topological polar surface area (TPSA) is 57.7 Å². The summed E-state index contributed by atoms with van der Waals surface area (Å²) in [6.07, 6.45) is 0.873. The number of hydrogen-bond donors (Lipinski definition) is 0. The lowest BCUT2D eigenvalue weighted by Crippen LogP contribution is -2.11. The number of rotatable bonds is 6. The SMILES string of the molecule is CCCOc1ccccc1OC(=O)c1ccc2cc(OC)ccc2n1. The van der Waals surface area contributed by atoms with E-state index in [9.17, 15) is 4.79 Å². The number of fused-ring (bicyclic) bond motifs is 1. The second kappa shape index (κ2) is 7.66. The molecule has 0 saturated heterocycles. The van der Waals surface area contributed by atoms with Gasteiger partial charge in [-0.1, -0.05) is 25.1 Å². The van der Waals surface area contributed by atoms with Gasteiger partial charge < -0.3 is 14.2 Å². The maximum Gasteiger partial charge on any atom is 0.362 e. The van der Waals surface area contributed by atoms with Crippen molar-refractivity contribution in [3.8, 4) is 17.2 Å². The van der Waals surface area contributed by atoms with Gasteiger partial charge in [-0.25, -0.2) is 9.78 Å². The van der Waals surface area contributed by atoms with Gasteiger partial charge >= 0.3 is 5.97 Å². The number of hydrogen-bond acceptors (Lipinski definition) is 5. The second-order valence-corrected chi connectivity index (χ2v) is 5.44. The Balaban J connectivity index is 1.83. The fourth-order valence-electron chi connectivity index (χ4n) is 2.36. The van der Waals surface area contributed by atoms with Crippen molar-refractivity contribution in [3.63, 3.8) is 0 Å². The van der Waals surface area contributed by atoms with Crippen molar-refractivity contribution in [3.05, 3.63) is 60.3 Å². The van der Waals surface area contributed by atoms with Crippen LogP contribution in [-0.4, -0.2) is 24.7 Å². The number of esters is 1. The van der Waals surface area contributed by atoms with Crippen LogP contribution in [0.2, 0.25) is 0 Å². The molecule has 25 heavy (non-hydrogen) atoms. The summed E-state index contributed by atoms with van der Waals surface area (Å²) in [6.45, 7) is 2.58. The van der Waals surface area contributed by atoms with Crippen molar-refractivity contribution in [2.75, 3.05) is 13.7 Å². The van der Waals surface area contributed by atoms with Gasteiger partial charge in [-0.3, -0.25) is 0 Å². The number of carbonyl (C=O) groups excluding carboxylic acids is 1. The number of pyridine rings is 1. The first-order chi connectivity index (χ1) is 12.2. The summed E-state index contributed by atoms with van der Waals surface area (Å²) in [4.78, 5) is 16.8. The Morgan fingerprint density at radius 2 is 1.84 bits per heavy atom. The highest BCUT2D eigenvalue weighted by atomic mass is 16.6. The number of para-hydroxylation sites is 2. The zero-order valence-corrected chi connectivity index (χ0v) is 14.2. The summed E-state index contributed by atoms with van der Waals surface area (Å²) >= 11 is 0. The number of ether oxygens (including phenoxy) is 3. The first kappa shape index (κ1) is 16.8. The lowest BCUT2D eigenvalue weighted by molar-refractivity contribution is 0.0722. The van der Waals surface area contributed by atoms with Gasteiger partial charge in [0.1, 0.15) is 11.4 Å². The molecule has 0 N–H and O–H groups in total. The molecule has 0 unspecified atom stereocenters. The third-order valence-electron chi connectivity index (χ3n) is 3.62. The van der Waals surface area contributed by atoms with E-state index in [1.165, 1.54) is 0 Å². The molecule has 0 atom stereocenters. The van der Waals surface area contributed by atoms with E-state index in [1.807, 2.05) is 31.2 Å². The molecule has 0 fully saturated rings. The lowest BCUT2D eigenvalue weighted by atomic mass is 10.2. The molecular weight excluding hydrogens is 318 g/mol. The summed E-state index contributed by atoms with van der Waals surface area (Å²) in [5.41, 5.74) is 0.939. The van der Waals surface area contributed by atoms with E-state index >= 15 is 0 Å². The van der Waals surface area contributed by atoms with E-state index in [2.05, 4.69) is 4.98 Å².